The minimum absolute atomic E-state index is 0.0989. The molecule has 3 aliphatic rings. The fourth-order valence-corrected chi connectivity index (χ4v) is 4.68. The number of aromatic hydroxyl groups is 1. The zero-order valence-electron chi connectivity index (χ0n) is 17.9. The second kappa shape index (κ2) is 8.19. The van der Waals surface area contributed by atoms with Crippen LogP contribution in [0.1, 0.15) is 42.6 Å². The molecule has 5 rings (SSSR count). The highest BCUT2D eigenvalue weighted by atomic mass is 16.7. The number of carbonyl (C=O) groups is 1. The number of aliphatic hydroxyl groups is 1. The van der Waals surface area contributed by atoms with Crippen molar-refractivity contribution in [3.05, 3.63) is 41.0 Å². The summed E-state index contributed by atoms with van der Waals surface area (Å²) in [5, 5.41) is 21.4. The molecular weight excluding hydrogens is 404 g/mol. The number of phenols is 1. The van der Waals surface area contributed by atoms with E-state index >= 15 is 0 Å². The Morgan fingerprint density at radius 2 is 1.65 bits per heavy atom. The summed E-state index contributed by atoms with van der Waals surface area (Å²) in [4.78, 5) is 12.6. The van der Waals surface area contributed by atoms with Crippen LogP contribution in [0.15, 0.2) is 24.3 Å². The van der Waals surface area contributed by atoms with Crippen LogP contribution >= 0.6 is 0 Å². The first-order valence-corrected chi connectivity index (χ1v) is 10.3. The number of hydrogen-bond donors (Lipinski definition) is 2. The van der Waals surface area contributed by atoms with Crippen LogP contribution in [-0.4, -0.2) is 43.8 Å². The third-order valence-corrected chi connectivity index (χ3v) is 5.99. The molecule has 2 aliphatic heterocycles. The second-order valence-electron chi connectivity index (χ2n) is 7.35. The monoisotopic (exact) mass is 430 g/mol. The molecule has 0 radical (unpaired) electrons. The van der Waals surface area contributed by atoms with Crippen molar-refractivity contribution in [2.24, 2.45) is 11.8 Å². The first-order valence-electron chi connectivity index (χ1n) is 10.3. The van der Waals surface area contributed by atoms with Gasteiger partial charge in [-0.1, -0.05) is 13.8 Å². The molecule has 2 N–H and O–H groups in total. The standard InChI is InChI=1S/C21H20O8.C2H6/c1-25-16-4-9(3-13(22)20(16)26-2)17-10-5-14-15(29-8-28-14)6-11(10)19(23)12-7-27-21(24)18(12)17;1-2/h3-6,12,17-19,22-23H,7-8H2,1-2H3;1-2H3/t12?,17-,18?,19+;/m1./s1. The lowest BCUT2D eigenvalue weighted by Crippen LogP contribution is -2.34. The fourth-order valence-electron chi connectivity index (χ4n) is 4.68. The van der Waals surface area contributed by atoms with Crippen molar-refractivity contribution in [2.75, 3.05) is 27.6 Å². The van der Waals surface area contributed by atoms with Crippen molar-refractivity contribution >= 4 is 5.97 Å². The largest absolute Gasteiger partial charge is 0.504 e. The molecule has 8 heteroatoms. The van der Waals surface area contributed by atoms with E-state index in [2.05, 4.69) is 0 Å². The molecular formula is C23H26O8. The minimum atomic E-state index is -0.874. The Morgan fingerprint density at radius 3 is 2.29 bits per heavy atom. The zero-order valence-corrected chi connectivity index (χ0v) is 17.9. The summed E-state index contributed by atoms with van der Waals surface area (Å²) in [5.41, 5.74) is 2.04. The highest BCUT2D eigenvalue weighted by Gasteiger charge is 2.52. The third-order valence-electron chi connectivity index (χ3n) is 5.99. The lowest BCUT2D eigenvalue weighted by molar-refractivity contribution is -0.141. The number of hydrogen-bond acceptors (Lipinski definition) is 8. The number of fused-ring (bicyclic) bond motifs is 3. The Labute approximate surface area is 180 Å². The summed E-state index contributed by atoms with van der Waals surface area (Å²) in [6, 6.07) is 6.84. The normalized spacial score (nSPS) is 25.0. The third kappa shape index (κ3) is 3.22. The Kier molecular flexibility index (Phi) is 5.58. The SMILES string of the molecule is CC.COc1cc([C@@H]2c3cc4c(cc3[C@H](O)C3COC(=O)C32)OCO4)cc(O)c1OC. The Balaban J connectivity index is 0.00000112. The molecule has 166 valence electrons. The number of aliphatic hydroxyl groups excluding tert-OH is 1. The molecule has 0 spiro atoms. The number of ether oxygens (including phenoxy) is 5. The van der Waals surface area contributed by atoms with Crippen molar-refractivity contribution in [1.29, 1.82) is 0 Å². The number of rotatable bonds is 3. The van der Waals surface area contributed by atoms with Crippen LogP contribution in [-0.2, 0) is 9.53 Å². The summed E-state index contributed by atoms with van der Waals surface area (Å²) in [6.07, 6.45) is -0.874. The maximum atomic E-state index is 12.6. The Hall–Kier alpha value is -3.13. The van der Waals surface area contributed by atoms with E-state index in [1.54, 1.807) is 24.3 Å². The maximum absolute atomic E-state index is 12.6. The van der Waals surface area contributed by atoms with Crippen LogP contribution in [0.4, 0.5) is 0 Å². The van der Waals surface area contributed by atoms with Crippen LogP contribution < -0.4 is 18.9 Å². The topological polar surface area (TPSA) is 104 Å². The van der Waals surface area contributed by atoms with Gasteiger partial charge in [0.15, 0.2) is 23.0 Å². The van der Waals surface area contributed by atoms with E-state index in [1.165, 1.54) is 14.2 Å². The summed E-state index contributed by atoms with van der Waals surface area (Å²) in [7, 11) is 2.92. The molecule has 8 nitrogen and oxygen atoms in total. The molecule has 1 saturated heterocycles. The van der Waals surface area contributed by atoms with Crippen molar-refractivity contribution in [2.45, 2.75) is 25.9 Å². The molecule has 2 aromatic carbocycles. The van der Waals surface area contributed by atoms with Gasteiger partial charge in [-0.2, -0.15) is 0 Å². The second-order valence-corrected chi connectivity index (χ2v) is 7.35. The van der Waals surface area contributed by atoms with E-state index in [9.17, 15) is 15.0 Å². The number of carbonyl (C=O) groups excluding carboxylic acids is 1. The van der Waals surface area contributed by atoms with E-state index < -0.39 is 23.9 Å². The predicted molar refractivity (Wildman–Crippen MR) is 110 cm³/mol. The number of esters is 1. The lowest BCUT2D eigenvalue weighted by atomic mass is 9.66. The molecule has 0 aromatic heterocycles. The number of phenolic OH excluding ortho intramolecular Hbond substituents is 1. The first kappa shape index (κ1) is 21.1. The lowest BCUT2D eigenvalue weighted by Gasteiger charge is -2.36. The van der Waals surface area contributed by atoms with E-state index in [1.807, 2.05) is 13.8 Å². The quantitative estimate of drug-likeness (QED) is 0.716. The average molecular weight is 430 g/mol. The van der Waals surface area contributed by atoms with Gasteiger partial charge in [-0.3, -0.25) is 4.79 Å². The van der Waals surface area contributed by atoms with Crippen LogP contribution in [0.3, 0.4) is 0 Å². The van der Waals surface area contributed by atoms with Crippen molar-refractivity contribution in [3.63, 3.8) is 0 Å². The van der Waals surface area contributed by atoms with Crippen LogP contribution in [0.2, 0.25) is 0 Å². The molecule has 2 heterocycles. The molecule has 0 amide bonds. The summed E-state index contributed by atoms with van der Waals surface area (Å²) in [5.74, 6) is -0.285. The van der Waals surface area contributed by atoms with E-state index in [0.29, 0.717) is 28.4 Å². The van der Waals surface area contributed by atoms with E-state index in [4.69, 9.17) is 23.7 Å². The van der Waals surface area contributed by atoms with Gasteiger partial charge >= 0.3 is 5.97 Å². The zero-order chi connectivity index (χ0) is 22.3. The molecule has 0 bridgehead atoms. The summed E-state index contributed by atoms with van der Waals surface area (Å²) < 4.78 is 26.9. The highest BCUT2D eigenvalue weighted by molar-refractivity contribution is 5.79. The van der Waals surface area contributed by atoms with Crippen LogP contribution in [0, 0.1) is 11.8 Å². The van der Waals surface area contributed by atoms with Crippen molar-refractivity contribution in [3.8, 4) is 28.7 Å². The maximum Gasteiger partial charge on any atom is 0.310 e. The Bertz CT molecular complexity index is 1000. The van der Waals surface area contributed by atoms with Crippen LogP contribution in [0.5, 0.6) is 28.7 Å². The fraction of sp³-hybridized carbons (Fsp3) is 0.435. The van der Waals surface area contributed by atoms with Gasteiger partial charge in [-0.25, -0.2) is 0 Å². The van der Waals surface area contributed by atoms with Crippen molar-refractivity contribution in [1.82, 2.24) is 0 Å². The molecule has 1 aliphatic carbocycles. The smallest absolute Gasteiger partial charge is 0.310 e. The van der Waals surface area contributed by atoms with Gasteiger partial charge in [-0.05, 0) is 41.0 Å². The Morgan fingerprint density at radius 1 is 0.968 bits per heavy atom. The van der Waals surface area contributed by atoms with Gasteiger partial charge in [0.05, 0.1) is 32.8 Å². The first-order chi connectivity index (χ1) is 15.0. The van der Waals surface area contributed by atoms with E-state index in [0.717, 1.165) is 5.56 Å². The molecule has 2 aromatic rings. The van der Waals surface area contributed by atoms with Gasteiger partial charge < -0.3 is 33.9 Å². The van der Waals surface area contributed by atoms with Gasteiger partial charge in [0.1, 0.15) is 0 Å². The van der Waals surface area contributed by atoms with Gasteiger partial charge in [0.25, 0.3) is 0 Å². The summed E-state index contributed by atoms with van der Waals surface area (Å²) in [6.45, 7) is 4.24. The highest BCUT2D eigenvalue weighted by Crippen LogP contribution is 2.55. The molecule has 1 fully saturated rings. The molecule has 4 atom stereocenters. The van der Waals surface area contributed by atoms with Crippen LogP contribution in [0.25, 0.3) is 0 Å². The predicted octanol–water partition coefficient (Wildman–Crippen LogP) is 3.13. The van der Waals surface area contributed by atoms with Gasteiger partial charge in [0.2, 0.25) is 12.5 Å². The number of cyclic esters (lactones) is 1. The minimum Gasteiger partial charge on any atom is -0.504 e. The summed E-state index contributed by atoms with van der Waals surface area (Å²) >= 11 is 0. The van der Waals surface area contributed by atoms with Gasteiger partial charge in [0, 0.05) is 11.8 Å². The van der Waals surface area contributed by atoms with Crippen molar-refractivity contribution < 1.29 is 38.7 Å². The van der Waals surface area contributed by atoms with E-state index in [-0.39, 0.29) is 30.9 Å². The average Bonchev–Trinajstić information content (AvgIpc) is 3.40. The number of methoxy groups -OCH3 is 2. The number of benzene rings is 2. The molecule has 31 heavy (non-hydrogen) atoms. The molecule has 2 unspecified atom stereocenters. The van der Waals surface area contributed by atoms with Gasteiger partial charge in [-0.15, -0.1) is 0 Å². The molecule has 0 saturated carbocycles.